The largest absolute Gasteiger partial charge is 0.324 e. The summed E-state index contributed by atoms with van der Waals surface area (Å²) >= 11 is 6.00. The maximum Gasteiger partial charge on any atom is 0.0408 e. The first-order chi connectivity index (χ1) is 8.58. The lowest BCUT2D eigenvalue weighted by molar-refractivity contribution is 0.711. The summed E-state index contributed by atoms with van der Waals surface area (Å²) in [6.07, 6.45) is 0.812. The van der Waals surface area contributed by atoms with Crippen LogP contribution in [0.2, 0.25) is 5.02 Å². The SMILES string of the molecule is Cc1cccc(C)c1C(N)Cc1cccc(Cl)c1. The average Bonchev–Trinajstić information content (AvgIpc) is 2.28. The third-order valence-corrected chi connectivity index (χ3v) is 3.49. The molecule has 0 spiro atoms. The van der Waals surface area contributed by atoms with E-state index in [9.17, 15) is 0 Å². The van der Waals surface area contributed by atoms with Crippen molar-refractivity contribution in [3.8, 4) is 0 Å². The van der Waals surface area contributed by atoms with Gasteiger partial charge in [0.25, 0.3) is 0 Å². The van der Waals surface area contributed by atoms with Crippen molar-refractivity contribution >= 4 is 11.6 Å². The molecule has 0 aliphatic rings. The minimum absolute atomic E-state index is 0.0182. The molecular formula is C16H18ClN. The van der Waals surface area contributed by atoms with E-state index >= 15 is 0 Å². The topological polar surface area (TPSA) is 26.0 Å². The molecule has 1 nitrogen and oxygen atoms in total. The number of nitrogens with two attached hydrogens (primary N) is 1. The maximum absolute atomic E-state index is 6.34. The minimum atomic E-state index is 0.0182. The van der Waals surface area contributed by atoms with Crippen LogP contribution in [0, 0.1) is 13.8 Å². The fourth-order valence-electron chi connectivity index (χ4n) is 2.43. The lowest BCUT2D eigenvalue weighted by atomic mass is 9.92. The molecule has 2 aromatic rings. The van der Waals surface area contributed by atoms with Crippen LogP contribution in [0.25, 0.3) is 0 Å². The van der Waals surface area contributed by atoms with Gasteiger partial charge in [-0.1, -0.05) is 41.9 Å². The fourth-order valence-corrected chi connectivity index (χ4v) is 2.65. The van der Waals surface area contributed by atoms with Gasteiger partial charge in [0.15, 0.2) is 0 Å². The molecule has 0 aromatic heterocycles. The van der Waals surface area contributed by atoms with Crippen LogP contribution in [-0.4, -0.2) is 0 Å². The second-order valence-corrected chi connectivity index (χ2v) is 5.18. The van der Waals surface area contributed by atoms with Crippen molar-refractivity contribution < 1.29 is 0 Å². The van der Waals surface area contributed by atoms with E-state index in [1.807, 2.05) is 18.2 Å². The first-order valence-electron chi connectivity index (χ1n) is 6.14. The van der Waals surface area contributed by atoms with Gasteiger partial charge < -0.3 is 5.73 Å². The molecule has 0 amide bonds. The van der Waals surface area contributed by atoms with Crippen LogP contribution >= 0.6 is 11.6 Å². The monoisotopic (exact) mass is 259 g/mol. The van der Waals surface area contributed by atoms with Crippen LogP contribution in [0.4, 0.5) is 0 Å². The Hall–Kier alpha value is -1.31. The Kier molecular flexibility index (Phi) is 4.05. The Morgan fingerprint density at radius 2 is 1.67 bits per heavy atom. The normalized spacial score (nSPS) is 12.4. The van der Waals surface area contributed by atoms with Crippen molar-refractivity contribution in [2.45, 2.75) is 26.3 Å². The number of rotatable bonds is 3. The van der Waals surface area contributed by atoms with E-state index in [1.54, 1.807) is 0 Å². The minimum Gasteiger partial charge on any atom is -0.324 e. The third kappa shape index (κ3) is 2.92. The van der Waals surface area contributed by atoms with Gasteiger partial charge in [-0.25, -0.2) is 0 Å². The van der Waals surface area contributed by atoms with E-state index in [0.717, 1.165) is 11.4 Å². The van der Waals surface area contributed by atoms with Crippen LogP contribution in [0.1, 0.15) is 28.3 Å². The van der Waals surface area contributed by atoms with Crippen molar-refractivity contribution in [2.24, 2.45) is 5.73 Å². The average molecular weight is 260 g/mol. The molecule has 0 bridgehead atoms. The number of hydrogen-bond acceptors (Lipinski definition) is 1. The Morgan fingerprint density at radius 1 is 1.06 bits per heavy atom. The van der Waals surface area contributed by atoms with E-state index < -0.39 is 0 Å². The molecule has 1 atom stereocenters. The maximum atomic E-state index is 6.34. The van der Waals surface area contributed by atoms with E-state index in [1.165, 1.54) is 22.3 Å². The standard InChI is InChI=1S/C16H18ClN/c1-11-5-3-6-12(2)16(11)15(18)10-13-7-4-8-14(17)9-13/h3-9,15H,10,18H2,1-2H3. The molecule has 0 heterocycles. The van der Waals surface area contributed by atoms with Gasteiger partial charge >= 0.3 is 0 Å². The first-order valence-corrected chi connectivity index (χ1v) is 6.52. The molecule has 94 valence electrons. The first kappa shape index (κ1) is 13.1. The molecule has 0 fully saturated rings. The van der Waals surface area contributed by atoms with E-state index in [4.69, 9.17) is 17.3 Å². The van der Waals surface area contributed by atoms with Crippen molar-refractivity contribution in [1.29, 1.82) is 0 Å². The number of benzene rings is 2. The van der Waals surface area contributed by atoms with Crippen molar-refractivity contribution in [2.75, 3.05) is 0 Å². The predicted molar refractivity (Wildman–Crippen MR) is 78.0 cm³/mol. The molecule has 2 N–H and O–H groups in total. The molecule has 18 heavy (non-hydrogen) atoms. The number of halogens is 1. The van der Waals surface area contributed by atoms with Gasteiger partial charge in [-0.05, 0) is 54.7 Å². The zero-order chi connectivity index (χ0) is 13.1. The summed E-state index contributed by atoms with van der Waals surface area (Å²) in [5, 5.41) is 0.765. The molecular weight excluding hydrogens is 242 g/mol. The van der Waals surface area contributed by atoms with E-state index in [2.05, 4.69) is 38.1 Å². The van der Waals surface area contributed by atoms with E-state index in [-0.39, 0.29) is 6.04 Å². The zero-order valence-electron chi connectivity index (χ0n) is 10.8. The summed E-state index contributed by atoms with van der Waals surface area (Å²) in [7, 11) is 0. The highest BCUT2D eigenvalue weighted by molar-refractivity contribution is 6.30. The fraction of sp³-hybridized carbons (Fsp3) is 0.250. The van der Waals surface area contributed by atoms with Crippen LogP contribution in [0.15, 0.2) is 42.5 Å². The van der Waals surface area contributed by atoms with Crippen molar-refractivity contribution in [3.05, 3.63) is 69.7 Å². The smallest absolute Gasteiger partial charge is 0.0408 e. The molecule has 0 aliphatic carbocycles. The van der Waals surface area contributed by atoms with Gasteiger partial charge in [0, 0.05) is 11.1 Å². The summed E-state index contributed by atoms with van der Waals surface area (Å²) in [6, 6.07) is 14.2. The van der Waals surface area contributed by atoms with Crippen molar-refractivity contribution in [1.82, 2.24) is 0 Å². The van der Waals surface area contributed by atoms with Gasteiger partial charge in [0.2, 0.25) is 0 Å². The Balaban J connectivity index is 2.25. The van der Waals surface area contributed by atoms with Crippen molar-refractivity contribution in [3.63, 3.8) is 0 Å². The van der Waals surface area contributed by atoms with Crippen LogP contribution < -0.4 is 5.73 Å². The Bertz CT molecular complexity index is 528. The third-order valence-electron chi connectivity index (χ3n) is 3.26. The highest BCUT2D eigenvalue weighted by atomic mass is 35.5. The summed E-state index contributed by atoms with van der Waals surface area (Å²) in [4.78, 5) is 0. The van der Waals surface area contributed by atoms with Gasteiger partial charge in [0.05, 0.1) is 0 Å². The lowest BCUT2D eigenvalue weighted by Crippen LogP contribution is -2.16. The summed E-state index contributed by atoms with van der Waals surface area (Å²) in [6.45, 7) is 4.22. The molecule has 0 saturated carbocycles. The molecule has 2 aromatic carbocycles. The lowest BCUT2D eigenvalue weighted by Gasteiger charge is -2.17. The van der Waals surface area contributed by atoms with Gasteiger partial charge in [0.1, 0.15) is 0 Å². The van der Waals surface area contributed by atoms with Crippen LogP contribution in [0.3, 0.4) is 0 Å². The van der Waals surface area contributed by atoms with Gasteiger partial charge in [-0.15, -0.1) is 0 Å². The molecule has 1 unspecified atom stereocenters. The zero-order valence-corrected chi connectivity index (χ0v) is 11.5. The summed E-state index contributed by atoms with van der Waals surface area (Å²) < 4.78 is 0. The predicted octanol–water partition coefficient (Wildman–Crippen LogP) is 4.20. The van der Waals surface area contributed by atoms with Gasteiger partial charge in [-0.2, -0.15) is 0 Å². The molecule has 2 heteroatoms. The molecule has 0 saturated heterocycles. The second-order valence-electron chi connectivity index (χ2n) is 4.75. The summed E-state index contributed by atoms with van der Waals surface area (Å²) in [5.74, 6) is 0. The molecule has 0 aliphatic heterocycles. The Labute approximate surface area is 114 Å². The van der Waals surface area contributed by atoms with Gasteiger partial charge in [-0.3, -0.25) is 0 Å². The van der Waals surface area contributed by atoms with Crippen LogP contribution in [0.5, 0.6) is 0 Å². The quantitative estimate of drug-likeness (QED) is 0.878. The Morgan fingerprint density at radius 3 is 2.28 bits per heavy atom. The van der Waals surface area contributed by atoms with E-state index in [0.29, 0.717) is 0 Å². The number of aryl methyl sites for hydroxylation is 2. The molecule has 0 radical (unpaired) electrons. The molecule has 2 rings (SSSR count). The summed E-state index contributed by atoms with van der Waals surface area (Å²) in [5.41, 5.74) is 11.3. The van der Waals surface area contributed by atoms with Crippen LogP contribution in [-0.2, 0) is 6.42 Å². The second kappa shape index (κ2) is 5.55. The number of hydrogen-bond donors (Lipinski definition) is 1. The highest BCUT2D eigenvalue weighted by Gasteiger charge is 2.12. The highest BCUT2D eigenvalue weighted by Crippen LogP contribution is 2.24.